The van der Waals surface area contributed by atoms with Crippen LogP contribution in [0.4, 0.5) is 0 Å². The summed E-state index contributed by atoms with van der Waals surface area (Å²) in [4.78, 5) is 10.7. The summed E-state index contributed by atoms with van der Waals surface area (Å²) in [5.41, 5.74) is 6.24. The molecule has 6 aromatic carbocycles. The average Bonchev–Trinajstić information content (AvgIpc) is 3.76. The maximum Gasteiger partial charge on any atom is 0.235 e. The van der Waals surface area contributed by atoms with Gasteiger partial charge in [0.15, 0.2) is 0 Å². The molecular weight excluding hydrogens is 587 g/mol. The fraction of sp³-hybridized carbons (Fsp3) is 0. The number of thiophene rings is 2. The number of aromatic nitrogens is 3. The molecule has 10 aromatic rings. The second-order valence-corrected chi connectivity index (χ2v) is 13.5. The summed E-state index contributed by atoms with van der Waals surface area (Å²) < 4.78 is 7.39. The number of hydrogen-bond donors (Lipinski definition) is 0. The van der Waals surface area contributed by atoms with Crippen LogP contribution in [0.5, 0.6) is 0 Å². The van der Waals surface area contributed by atoms with Crippen LogP contribution in [0.15, 0.2) is 140 Å². The van der Waals surface area contributed by atoms with Gasteiger partial charge >= 0.3 is 0 Å². The minimum absolute atomic E-state index is 0.676. The Morgan fingerprint density at radius 2 is 1.09 bits per heavy atom. The molecule has 0 fully saturated rings. The summed E-state index contributed by atoms with van der Waals surface area (Å²) in [5, 5.41) is 7.51. The van der Waals surface area contributed by atoms with E-state index in [2.05, 4.69) is 138 Å². The fourth-order valence-electron chi connectivity index (χ4n) is 6.78. The molecule has 0 unspecified atom stereocenters. The third-order valence-electron chi connectivity index (χ3n) is 8.84. The van der Waals surface area contributed by atoms with Crippen LogP contribution < -0.4 is 0 Å². The number of fused-ring (bicyclic) bond motifs is 9. The summed E-state index contributed by atoms with van der Waals surface area (Å²) in [6.07, 6.45) is 0. The second-order valence-electron chi connectivity index (χ2n) is 11.4. The van der Waals surface area contributed by atoms with Crippen LogP contribution in [-0.4, -0.2) is 14.5 Å². The Morgan fingerprint density at radius 3 is 1.93 bits per heavy atom. The molecule has 0 spiro atoms. The van der Waals surface area contributed by atoms with E-state index in [1.54, 1.807) is 0 Å². The zero-order valence-corrected chi connectivity index (χ0v) is 25.6. The van der Waals surface area contributed by atoms with Crippen LogP contribution in [0.25, 0.3) is 90.6 Å². The van der Waals surface area contributed by atoms with E-state index in [1.807, 2.05) is 28.7 Å². The van der Waals surface area contributed by atoms with E-state index < -0.39 is 0 Å². The summed E-state index contributed by atoms with van der Waals surface area (Å²) in [5.74, 6) is 0.676. The van der Waals surface area contributed by atoms with Gasteiger partial charge in [0.1, 0.15) is 0 Å². The van der Waals surface area contributed by atoms with Gasteiger partial charge in [-0.1, -0.05) is 103 Å². The van der Waals surface area contributed by atoms with Crippen molar-refractivity contribution in [3.8, 4) is 28.5 Å². The van der Waals surface area contributed by atoms with E-state index in [9.17, 15) is 0 Å². The topological polar surface area (TPSA) is 30.7 Å². The van der Waals surface area contributed by atoms with E-state index in [1.165, 1.54) is 51.1 Å². The van der Waals surface area contributed by atoms with Crippen molar-refractivity contribution in [2.45, 2.75) is 0 Å². The van der Waals surface area contributed by atoms with Gasteiger partial charge < -0.3 is 0 Å². The Morgan fingerprint density at radius 1 is 0.422 bits per heavy atom. The van der Waals surface area contributed by atoms with E-state index in [-0.39, 0.29) is 0 Å². The Balaban J connectivity index is 1.31. The molecule has 0 aliphatic rings. The molecule has 0 saturated carbocycles. The highest BCUT2D eigenvalue weighted by molar-refractivity contribution is 7.26. The maximum absolute atomic E-state index is 5.38. The van der Waals surface area contributed by atoms with Crippen molar-refractivity contribution in [1.82, 2.24) is 14.5 Å². The largest absolute Gasteiger partial charge is 0.278 e. The summed E-state index contributed by atoms with van der Waals surface area (Å²) in [6, 6.07) is 49.8. The molecule has 4 aromatic heterocycles. The monoisotopic (exact) mass is 609 g/mol. The number of para-hydroxylation sites is 1. The van der Waals surface area contributed by atoms with E-state index in [0.717, 1.165) is 33.5 Å². The molecule has 0 atom stereocenters. The summed E-state index contributed by atoms with van der Waals surface area (Å²) in [7, 11) is 0. The van der Waals surface area contributed by atoms with E-state index in [0.29, 0.717) is 5.95 Å². The van der Waals surface area contributed by atoms with Crippen molar-refractivity contribution in [3.05, 3.63) is 140 Å². The van der Waals surface area contributed by atoms with Crippen molar-refractivity contribution in [2.24, 2.45) is 0 Å². The standard InChI is InChI=1S/C40H23N3S2/c1-2-11-24(12-3-1)32-23-33(29-17-10-16-28-26-14-5-9-20-37(26)45-39(28)29)42-40(41-32)43-34-18-7-4-13-25(34)30-22-38-31(21-35(30)43)27-15-6-8-19-36(27)44-38/h1-23H. The molecule has 0 bridgehead atoms. The highest BCUT2D eigenvalue weighted by Crippen LogP contribution is 2.42. The molecule has 0 N–H and O–H groups in total. The van der Waals surface area contributed by atoms with E-state index >= 15 is 0 Å². The van der Waals surface area contributed by atoms with Gasteiger partial charge in [-0.3, -0.25) is 4.57 Å². The minimum atomic E-state index is 0.676. The van der Waals surface area contributed by atoms with Gasteiger partial charge in [-0.05, 0) is 36.4 Å². The van der Waals surface area contributed by atoms with Crippen molar-refractivity contribution in [1.29, 1.82) is 0 Å². The minimum Gasteiger partial charge on any atom is -0.278 e. The molecule has 3 nitrogen and oxygen atoms in total. The third kappa shape index (κ3) is 3.75. The van der Waals surface area contributed by atoms with Crippen LogP contribution in [0.1, 0.15) is 0 Å². The van der Waals surface area contributed by atoms with Crippen LogP contribution in [0.3, 0.4) is 0 Å². The number of benzene rings is 6. The smallest absolute Gasteiger partial charge is 0.235 e. The molecule has 210 valence electrons. The van der Waals surface area contributed by atoms with E-state index in [4.69, 9.17) is 9.97 Å². The Hall–Kier alpha value is -5.36. The molecule has 4 heterocycles. The van der Waals surface area contributed by atoms with Gasteiger partial charge in [0.25, 0.3) is 0 Å². The van der Waals surface area contributed by atoms with Gasteiger partial charge in [-0.2, -0.15) is 0 Å². The van der Waals surface area contributed by atoms with Crippen LogP contribution in [0.2, 0.25) is 0 Å². The number of rotatable bonds is 3. The van der Waals surface area contributed by atoms with Gasteiger partial charge in [0.2, 0.25) is 5.95 Å². The lowest BCUT2D eigenvalue weighted by molar-refractivity contribution is 0.997. The van der Waals surface area contributed by atoms with Crippen LogP contribution >= 0.6 is 22.7 Å². The zero-order valence-electron chi connectivity index (χ0n) is 23.9. The SMILES string of the molecule is c1ccc(-c2cc(-c3cccc4c3sc3ccccc34)nc(-n3c4ccccc4c4cc5sc6ccccc6c5cc43)n2)cc1. The highest BCUT2D eigenvalue weighted by atomic mass is 32.1. The first kappa shape index (κ1) is 25.0. The second kappa shape index (κ2) is 9.57. The molecule has 0 amide bonds. The van der Waals surface area contributed by atoms with Gasteiger partial charge in [0.05, 0.1) is 22.4 Å². The molecular formula is C40H23N3S2. The van der Waals surface area contributed by atoms with Gasteiger partial charge in [0, 0.05) is 62.2 Å². The summed E-state index contributed by atoms with van der Waals surface area (Å²) in [6.45, 7) is 0. The number of hydrogen-bond acceptors (Lipinski definition) is 4. The van der Waals surface area contributed by atoms with Crippen LogP contribution in [0, 0.1) is 0 Å². The van der Waals surface area contributed by atoms with Gasteiger partial charge in [-0.25, -0.2) is 9.97 Å². The van der Waals surface area contributed by atoms with Crippen molar-refractivity contribution >= 4 is 84.8 Å². The zero-order chi connectivity index (χ0) is 29.5. The molecule has 45 heavy (non-hydrogen) atoms. The molecule has 0 radical (unpaired) electrons. The Bertz CT molecular complexity index is 2770. The first-order chi connectivity index (χ1) is 22.3. The van der Waals surface area contributed by atoms with Crippen molar-refractivity contribution in [2.75, 3.05) is 0 Å². The average molecular weight is 610 g/mol. The van der Waals surface area contributed by atoms with Crippen LogP contribution in [-0.2, 0) is 0 Å². The Labute approximate surface area is 266 Å². The lowest BCUT2D eigenvalue weighted by atomic mass is 10.0. The summed E-state index contributed by atoms with van der Waals surface area (Å²) >= 11 is 3.68. The highest BCUT2D eigenvalue weighted by Gasteiger charge is 2.20. The lowest BCUT2D eigenvalue weighted by Crippen LogP contribution is -2.04. The molecule has 0 saturated heterocycles. The third-order valence-corrected chi connectivity index (χ3v) is 11.2. The molecule has 0 aliphatic carbocycles. The molecule has 10 rings (SSSR count). The fourth-order valence-corrected chi connectivity index (χ4v) is 9.13. The normalized spacial score (nSPS) is 12.0. The van der Waals surface area contributed by atoms with Gasteiger partial charge in [-0.15, -0.1) is 22.7 Å². The van der Waals surface area contributed by atoms with Crippen molar-refractivity contribution < 1.29 is 0 Å². The molecule has 0 aliphatic heterocycles. The first-order valence-electron chi connectivity index (χ1n) is 15.0. The maximum atomic E-state index is 5.38. The Kier molecular flexibility index (Phi) is 5.32. The lowest BCUT2D eigenvalue weighted by Gasteiger charge is -2.12. The number of nitrogens with zero attached hydrogens (tertiary/aromatic N) is 3. The quantitative estimate of drug-likeness (QED) is 0.199. The predicted octanol–water partition coefficient (Wildman–Crippen LogP) is 11.6. The first-order valence-corrected chi connectivity index (χ1v) is 16.6. The van der Waals surface area contributed by atoms with Crippen molar-refractivity contribution in [3.63, 3.8) is 0 Å². The predicted molar refractivity (Wildman–Crippen MR) is 193 cm³/mol. The molecule has 5 heteroatoms.